The molecule has 0 spiro atoms. The topological polar surface area (TPSA) is 96.0 Å². The molecule has 28 heavy (non-hydrogen) atoms. The summed E-state index contributed by atoms with van der Waals surface area (Å²) in [6, 6.07) is 15.7. The van der Waals surface area contributed by atoms with E-state index in [2.05, 4.69) is 26.1 Å². The number of hydrogen-bond acceptors (Lipinski definition) is 5. The molecule has 3 N–H and O–H groups in total. The van der Waals surface area contributed by atoms with Gasteiger partial charge in [0, 0.05) is 29.0 Å². The van der Waals surface area contributed by atoms with Crippen LogP contribution in [0.4, 0.5) is 22.9 Å². The quantitative estimate of drug-likeness (QED) is 0.595. The predicted octanol–water partition coefficient (Wildman–Crippen LogP) is 4.39. The molecule has 0 aliphatic carbocycles. The fourth-order valence-corrected chi connectivity index (χ4v) is 2.55. The molecule has 0 aliphatic rings. The van der Waals surface area contributed by atoms with E-state index in [0.717, 1.165) is 11.3 Å². The maximum absolute atomic E-state index is 12.3. The number of rotatable bonds is 5. The van der Waals surface area contributed by atoms with Crippen molar-refractivity contribution in [2.45, 2.75) is 13.8 Å². The second kappa shape index (κ2) is 8.49. The summed E-state index contributed by atoms with van der Waals surface area (Å²) in [5.74, 6) is -0.0193. The van der Waals surface area contributed by atoms with Gasteiger partial charge in [-0.25, -0.2) is 0 Å². The molecule has 1 heterocycles. The van der Waals surface area contributed by atoms with Crippen LogP contribution in [0, 0.1) is 6.92 Å². The Labute approximate surface area is 167 Å². The van der Waals surface area contributed by atoms with Gasteiger partial charge in [-0.05, 0) is 61.0 Å². The van der Waals surface area contributed by atoms with Crippen molar-refractivity contribution in [3.05, 3.63) is 70.9 Å². The van der Waals surface area contributed by atoms with Crippen molar-refractivity contribution in [1.82, 2.24) is 10.2 Å². The molecule has 0 saturated carbocycles. The standard InChI is InChI=1S/C20H18ClN5O2/c1-12-3-4-16(11-17(12)21)24-20(28)18-9-10-19(26-25-18)23-15-7-5-14(6-8-15)22-13(2)27/h3-11H,1-2H3,(H,22,27)(H,23,26)(H,24,28). The zero-order chi connectivity index (χ0) is 20.1. The predicted molar refractivity (Wildman–Crippen MR) is 110 cm³/mol. The first-order chi connectivity index (χ1) is 13.4. The van der Waals surface area contributed by atoms with Gasteiger partial charge >= 0.3 is 0 Å². The Morgan fingerprint density at radius 1 is 0.857 bits per heavy atom. The van der Waals surface area contributed by atoms with Gasteiger partial charge in [0.25, 0.3) is 5.91 Å². The van der Waals surface area contributed by atoms with Crippen LogP contribution in [-0.4, -0.2) is 22.0 Å². The average Bonchev–Trinajstić information content (AvgIpc) is 2.66. The highest BCUT2D eigenvalue weighted by molar-refractivity contribution is 6.31. The number of carbonyl (C=O) groups excluding carboxylic acids is 2. The zero-order valence-electron chi connectivity index (χ0n) is 15.3. The normalized spacial score (nSPS) is 10.2. The molecule has 142 valence electrons. The third-order valence-corrected chi connectivity index (χ3v) is 4.21. The van der Waals surface area contributed by atoms with E-state index in [0.29, 0.717) is 22.2 Å². The van der Waals surface area contributed by atoms with E-state index in [-0.39, 0.29) is 17.5 Å². The number of amides is 2. The van der Waals surface area contributed by atoms with Crippen molar-refractivity contribution in [3.63, 3.8) is 0 Å². The summed E-state index contributed by atoms with van der Waals surface area (Å²) in [6.07, 6.45) is 0. The third-order valence-electron chi connectivity index (χ3n) is 3.80. The zero-order valence-corrected chi connectivity index (χ0v) is 16.0. The smallest absolute Gasteiger partial charge is 0.276 e. The van der Waals surface area contributed by atoms with Gasteiger partial charge < -0.3 is 16.0 Å². The minimum absolute atomic E-state index is 0.131. The molecule has 0 atom stereocenters. The Balaban J connectivity index is 1.63. The highest BCUT2D eigenvalue weighted by Crippen LogP contribution is 2.21. The highest BCUT2D eigenvalue weighted by Gasteiger charge is 2.10. The van der Waals surface area contributed by atoms with Crippen LogP contribution >= 0.6 is 11.6 Å². The molecule has 0 fully saturated rings. The van der Waals surface area contributed by atoms with Gasteiger partial charge in [-0.2, -0.15) is 0 Å². The van der Waals surface area contributed by atoms with Gasteiger partial charge in [0.2, 0.25) is 5.91 Å². The van der Waals surface area contributed by atoms with E-state index in [4.69, 9.17) is 11.6 Å². The Bertz CT molecular complexity index is 1000. The van der Waals surface area contributed by atoms with E-state index in [1.165, 1.54) is 6.92 Å². The maximum Gasteiger partial charge on any atom is 0.276 e. The van der Waals surface area contributed by atoms with Crippen LogP contribution in [0.15, 0.2) is 54.6 Å². The lowest BCUT2D eigenvalue weighted by Crippen LogP contribution is -2.14. The molecular weight excluding hydrogens is 378 g/mol. The Hall–Kier alpha value is -3.45. The lowest BCUT2D eigenvalue weighted by Gasteiger charge is -2.08. The van der Waals surface area contributed by atoms with Gasteiger partial charge in [-0.1, -0.05) is 17.7 Å². The molecule has 0 saturated heterocycles. The second-order valence-corrected chi connectivity index (χ2v) is 6.51. The van der Waals surface area contributed by atoms with Crippen molar-refractivity contribution in [2.24, 2.45) is 0 Å². The lowest BCUT2D eigenvalue weighted by molar-refractivity contribution is -0.114. The lowest BCUT2D eigenvalue weighted by atomic mass is 10.2. The monoisotopic (exact) mass is 395 g/mol. The molecule has 8 heteroatoms. The van der Waals surface area contributed by atoms with Crippen molar-refractivity contribution in [2.75, 3.05) is 16.0 Å². The van der Waals surface area contributed by atoms with E-state index < -0.39 is 0 Å². The number of benzene rings is 2. The van der Waals surface area contributed by atoms with E-state index >= 15 is 0 Å². The van der Waals surface area contributed by atoms with Crippen LogP contribution in [0.3, 0.4) is 0 Å². The molecule has 0 bridgehead atoms. The van der Waals surface area contributed by atoms with E-state index in [1.54, 1.807) is 48.5 Å². The minimum atomic E-state index is -0.376. The summed E-state index contributed by atoms with van der Waals surface area (Å²) in [7, 11) is 0. The number of hydrogen-bond donors (Lipinski definition) is 3. The molecule has 0 unspecified atom stereocenters. The molecule has 3 rings (SSSR count). The SMILES string of the molecule is CC(=O)Nc1ccc(Nc2ccc(C(=O)Nc3ccc(C)c(Cl)c3)nn2)cc1. The van der Waals surface area contributed by atoms with Crippen molar-refractivity contribution < 1.29 is 9.59 Å². The Morgan fingerprint density at radius 2 is 1.54 bits per heavy atom. The maximum atomic E-state index is 12.3. The molecule has 0 radical (unpaired) electrons. The third kappa shape index (κ3) is 5.05. The number of aryl methyl sites for hydroxylation is 1. The van der Waals surface area contributed by atoms with E-state index in [9.17, 15) is 9.59 Å². The van der Waals surface area contributed by atoms with Crippen molar-refractivity contribution >= 4 is 46.3 Å². The van der Waals surface area contributed by atoms with Crippen LogP contribution in [-0.2, 0) is 4.79 Å². The molecule has 1 aromatic heterocycles. The van der Waals surface area contributed by atoms with Crippen molar-refractivity contribution in [3.8, 4) is 0 Å². The number of nitrogens with one attached hydrogen (secondary N) is 3. The largest absolute Gasteiger partial charge is 0.339 e. The van der Waals surface area contributed by atoms with Gasteiger partial charge in [0.1, 0.15) is 0 Å². The number of anilines is 4. The fraction of sp³-hybridized carbons (Fsp3) is 0.100. The second-order valence-electron chi connectivity index (χ2n) is 6.11. The first-order valence-corrected chi connectivity index (χ1v) is 8.84. The molecule has 7 nitrogen and oxygen atoms in total. The molecule has 3 aromatic rings. The highest BCUT2D eigenvalue weighted by atomic mass is 35.5. The molecule has 2 aromatic carbocycles. The average molecular weight is 396 g/mol. The van der Waals surface area contributed by atoms with Crippen LogP contribution in [0.2, 0.25) is 5.02 Å². The van der Waals surface area contributed by atoms with Crippen LogP contribution in [0.5, 0.6) is 0 Å². The summed E-state index contributed by atoms with van der Waals surface area (Å²) < 4.78 is 0. The van der Waals surface area contributed by atoms with Gasteiger partial charge in [-0.3, -0.25) is 9.59 Å². The van der Waals surface area contributed by atoms with Crippen molar-refractivity contribution in [1.29, 1.82) is 0 Å². The first-order valence-electron chi connectivity index (χ1n) is 8.46. The Morgan fingerprint density at radius 3 is 2.14 bits per heavy atom. The first kappa shape index (κ1) is 19.3. The van der Waals surface area contributed by atoms with E-state index in [1.807, 2.05) is 13.0 Å². The van der Waals surface area contributed by atoms with Gasteiger partial charge in [0.05, 0.1) is 0 Å². The minimum Gasteiger partial charge on any atom is -0.339 e. The van der Waals surface area contributed by atoms with Crippen LogP contribution < -0.4 is 16.0 Å². The molecule has 0 aliphatic heterocycles. The summed E-state index contributed by atoms with van der Waals surface area (Å²) in [6.45, 7) is 3.34. The summed E-state index contributed by atoms with van der Waals surface area (Å²) >= 11 is 6.07. The van der Waals surface area contributed by atoms with Crippen LogP contribution in [0.1, 0.15) is 23.0 Å². The van der Waals surface area contributed by atoms with Gasteiger partial charge in [0.15, 0.2) is 11.5 Å². The number of carbonyl (C=O) groups is 2. The fourth-order valence-electron chi connectivity index (χ4n) is 2.37. The summed E-state index contributed by atoms with van der Waals surface area (Å²) in [5.41, 5.74) is 3.18. The number of halogens is 1. The van der Waals surface area contributed by atoms with Gasteiger partial charge in [-0.15, -0.1) is 10.2 Å². The Kier molecular flexibility index (Phi) is 5.86. The number of aromatic nitrogens is 2. The summed E-state index contributed by atoms with van der Waals surface area (Å²) in [5, 5.41) is 17.1. The summed E-state index contributed by atoms with van der Waals surface area (Å²) in [4.78, 5) is 23.3. The number of nitrogens with zero attached hydrogens (tertiary/aromatic N) is 2. The molecule has 2 amide bonds. The van der Waals surface area contributed by atoms with Crippen LogP contribution in [0.25, 0.3) is 0 Å². The molecular formula is C20H18ClN5O2.